The topological polar surface area (TPSA) is 50.7 Å². The number of methoxy groups -OCH3 is 2. The van der Waals surface area contributed by atoms with Crippen molar-refractivity contribution in [2.24, 2.45) is 5.92 Å². The molecular weight excluding hydrogens is 194 g/mol. The van der Waals surface area contributed by atoms with Gasteiger partial charge in [0.15, 0.2) is 0 Å². The average molecular weight is 217 g/mol. The lowest BCUT2D eigenvalue weighted by molar-refractivity contribution is 0.0577. The highest BCUT2D eigenvalue weighted by Crippen LogP contribution is 2.32. The maximum Gasteiger partial charge on any atom is 0.0785 e. The van der Waals surface area contributed by atoms with Crippen LogP contribution in [-0.4, -0.2) is 51.2 Å². The number of hydrogen-bond donors (Lipinski definition) is 2. The van der Waals surface area contributed by atoms with Crippen LogP contribution in [0.5, 0.6) is 0 Å². The van der Waals surface area contributed by atoms with E-state index in [1.807, 2.05) is 0 Å². The zero-order valence-corrected chi connectivity index (χ0v) is 9.74. The summed E-state index contributed by atoms with van der Waals surface area (Å²) in [5.74, 6) is 0.782. The summed E-state index contributed by atoms with van der Waals surface area (Å²) < 4.78 is 10.0. The molecule has 15 heavy (non-hydrogen) atoms. The van der Waals surface area contributed by atoms with Crippen LogP contribution < -0.4 is 5.32 Å². The zero-order valence-electron chi connectivity index (χ0n) is 9.74. The summed E-state index contributed by atoms with van der Waals surface area (Å²) in [5, 5.41) is 12.9. The molecule has 90 valence electrons. The van der Waals surface area contributed by atoms with Crippen LogP contribution in [0.2, 0.25) is 0 Å². The van der Waals surface area contributed by atoms with E-state index in [1.165, 1.54) is 12.8 Å². The van der Waals surface area contributed by atoms with Gasteiger partial charge in [0.25, 0.3) is 0 Å². The molecule has 4 heteroatoms. The van der Waals surface area contributed by atoms with E-state index in [4.69, 9.17) is 9.47 Å². The van der Waals surface area contributed by atoms with Crippen molar-refractivity contribution in [2.75, 3.05) is 34.0 Å². The molecule has 0 saturated heterocycles. The van der Waals surface area contributed by atoms with Crippen LogP contribution in [0.4, 0.5) is 0 Å². The largest absolute Gasteiger partial charge is 0.391 e. The molecule has 0 radical (unpaired) electrons. The van der Waals surface area contributed by atoms with Crippen molar-refractivity contribution in [1.29, 1.82) is 0 Å². The fourth-order valence-corrected chi connectivity index (χ4v) is 1.75. The van der Waals surface area contributed by atoms with Crippen LogP contribution in [0.25, 0.3) is 0 Å². The SMILES string of the molecule is COCC(O)CCNC(COC)C1CC1. The number of ether oxygens (including phenoxy) is 2. The zero-order chi connectivity index (χ0) is 11.1. The highest BCUT2D eigenvalue weighted by molar-refractivity contribution is 4.86. The molecule has 0 aromatic heterocycles. The monoisotopic (exact) mass is 217 g/mol. The predicted molar refractivity (Wildman–Crippen MR) is 58.9 cm³/mol. The third-order valence-electron chi connectivity index (χ3n) is 2.78. The van der Waals surface area contributed by atoms with Crippen molar-refractivity contribution >= 4 is 0 Å². The molecule has 0 amide bonds. The Hall–Kier alpha value is -0.160. The van der Waals surface area contributed by atoms with Gasteiger partial charge in [0.2, 0.25) is 0 Å². The number of aliphatic hydroxyl groups excluding tert-OH is 1. The molecule has 0 aromatic rings. The van der Waals surface area contributed by atoms with E-state index >= 15 is 0 Å². The van der Waals surface area contributed by atoms with Crippen molar-refractivity contribution < 1.29 is 14.6 Å². The minimum Gasteiger partial charge on any atom is -0.391 e. The molecule has 0 bridgehead atoms. The standard InChI is InChI=1S/C11H23NO3/c1-14-7-10(13)5-6-12-11(8-15-2)9-3-4-9/h9-13H,3-8H2,1-2H3. The number of hydrogen-bond acceptors (Lipinski definition) is 4. The van der Waals surface area contributed by atoms with E-state index in [2.05, 4.69) is 5.32 Å². The number of rotatable bonds is 9. The highest BCUT2D eigenvalue weighted by atomic mass is 16.5. The summed E-state index contributed by atoms with van der Waals surface area (Å²) in [6.45, 7) is 2.01. The van der Waals surface area contributed by atoms with Gasteiger partial charge in [-0.2, -0.15) is 0 Å². The summed E-state index contributed by atoms with van der Waals surface area (Å²) in [6.07, 6.45) is 2.99. The summed E-state index contributed by atoms with van der Waals surface area (Å²) >= 11 is 0. The first-order valence-corrected chi connectivity index (χ1v) is 5.67. The van der Waals surface area contributed by atoms with E-state index in [-0.39, 0.29) is 6.10 Å². The van der Waals surface area contributed by atoms with Crippen molar-refractivity contribution in [3.8, 4) is 0 Å². The first-order valence-electron chi connectivity index (χ1n) is 5.67. The molecule has 1 rings (SSSR count). The third-order valence-corrected chi connectivity index (χ3v) is 2.78. The van der Waals surface area contributed by atoms with Gasteiger partial charge >= 0.3 is 0 Å². The van der Waals surface area contributed by atoms with E-state index in [9.17, 15) is 5.11 Å². The lowest BCUT2D eigenvalue weighted by Gasteiger charge is -2.18. The predicted octanol–water partition coefficient (Wildman–Crippen LogP) is 0.398. The molecule has 0 heterocycles. The molecule has 1 saturated carbocycles. The van der Waals surface area contributed by atoms with E-state index in [0.717, 1.165) is 25.5 Å². The molecule has 0 aromatic carbocycles. The van der Waals surface area contributed by atoms with Gasteiger partial charge in [0.05, 0.1) is 19.3 Å². The summed E-state index contributed by atoms with van der Waals surface area (Å²) in [6, 6.07) is 0.463. The van der Waals surface area contributed by atoms with Crippen LogP contribution >= 0.6 is 0 Å². The lowest BCUT2D eigenvalue weighted by atomic mass is 10.2. The Morgan fingerprint density at radius 2 is 1.93 bits per heavy atom. The maximum atomic E-state index is 9.45. The molecular formula is C11H23NO3. The minimum absolute atomic E-state index is 0.357. The van der Waals surface area contributed by atoms with Crippen LogP contribution in [0.1, 0.15) is 19.3 Å². The van der Waals surface area contributed by atoms with Crippen molar-refractivity contribution in [3.63, 3.8) is 0 Å². The number of aliphatic hydroxyl groups is 1. The van der Waals surface area contributed by atoms with Crippen LogP contribution in [-0.2, 0) is 9.47 Å². The molecule has 2 unspecified atom stereocenters. The molecule has 0 aliphatic heterocycles. The maximum absolute atomic E-state index is 9.45. The molecule has 4 nitrogen and oxygen atoms in total. The van der Waals surface area contributed by atoms with Crippen LogP contribution in [0.3, 0.4) is 0 Å². The van der Waals surface area contributed by atoms with E-state index in [0.29, 0.717) is 12.6 Å². The van der Waals surface area contributed by atoms with Gasteiger partial charge in [-0.1, -0.05) is 0 Å². The minimum atomic E-state index is -0.357. The normalized spacial score (nSPS) is 20.2. The van der Waals surface area contributed by atoms with Gasteiger partial charge in [-0.3, -0.25) is 0 Å². The van der Waals surface area contributed by atoms with Gasteiger partial charge in [0.1, 0.15) is 0 Å². The lowest BCUT2D eigenvalue weighted by Crippen LogP contribution is -2.37. The van der Waals surface area contributed by atoms with Crippen molar-refractivity contribution in [1.82, 2.24) is 5.32 Å². The van der Waals surface area contributed by atoms with Gasteiger partial charge in [-0.25, -0.2) is 0 Å². The second-order valence-corrected chi connectivity index (χ2v) is 4.25. The molecule has 1 fully saturated rings. The Kier molecular flexibility index (Phi) is 6.17. The molecule has 1 aliphatic rings. The Morgan fingerprint density at radius 3 is 2.47 bits per heavy atom. The molecule has 0 spiro atoms. The van der Waals surface area contributed by atoms with Crippen molar-refractivity contribution in [3.05, 3.63) is 0 Å². The van der Waals surface area contributed by atoms with Crippen LogP contribution in [0, 0.1) is 5.92 Å². The first kappa shape index (κ1) is 12.9. The number of nitrogens with one attached hydrogen (secondary N) is 1. The summed E-state index contributed by atoms with van der Waals surface area (Å²) in [5.41, 5.74) is 0. The summed E-state index contributed by atoms with van der Waals surface area (Å²) in [4.78, 5) is 0. The Morgan fingerprint density at radius 1 is 1.27 bits per heavy atom. The van der Waals surface area contributed by atoms with E-state index in [1.54, 1.807) is 14.2 Å². The van der Waals surface area contributed by atoms with Gasteiger partial charge in [0, 0.05) is 20.3 Å². The van der Waals surface area contributed by atoms with Gasteiger partial charge in [-0.15, -0.1) is 0 Å². The Balaban J connectivity index is 2.05. The molecule has 1 aliphatic carbocycles. The van der Waals surface area contributed by atoms with Crippen molar-refractivity contribution in [2.45, 2.75) is 31.4 Å². The second kappa shape index (κ2) is 7.17. The van der Waals surface area contributed by atoms with Crippen LogP contribution in [0.15, 0.2) is 0 Å². The fourth-order valence-electron chi connectivity index (χ4n) is 1.75. The summed E-state index contributed by atoms with van der Waals surface area (Å²) in [7, 11) is 3.34. The van der Waals surface area contributed by atoms with Gasteiger partial charge in [-0.05, 0) is 31.7 Å². The smallest absolute Gasteiger partial charge is 0.0785 e. The van der Waals surface area contributed by atoms with Gasteiger partial charge < -0.3 is 19.9 Å². The molecule has 2 N–H and O–H groups in total. The first-order chi connectivity index (χ1) is 7.27. The fraction of sp³-hybridized carbons (Fsp3) is 1.00. The average Bonchev–Trinajstić information content (AvgIpc) is 3.00. The molecule has 2 atom stereocenters. The van der Waals surface area contributed by atoms with E-state index < -0.39 is 0 Å². The Labute approximate surface area is 92.0 Å². The second-order valence-electron chi connectivity index (χ2n) is 4.25. The quantitative estimate of drug-likeness (QED) is 0.587. The third kappa shape index (κ3) is 5.47. The Bertz CT molecular complexity index is 162. The highest BCUT2D eigenvalue weighted by Gasteiger charge is 2.30.